The lowest BCUT2D eigenvalue weighted by Gasteiger charge is -2.21. The van der Waals surface area contributed by atoms with E-state index in [-0.39, 0.29) is 6.04 Å². The van der Waals surface area contributed by atoms with E-state index < -0.39 is 0 Å². The Kier molecular flexibility index (Phi) is 4.39. The van der Waals surface area contributed by atoms with Crippen molar-refractivity contribution in [1.82, 2.24) is 14.9 Å². The Bertz CT molecular complexity index is 845. The molecule has 2 aromatic carbocycles. The second kappa shape index (κ2) is 6.99. The van der Waals surface area contributed by atoms with Crippen molar-refractivity contribution in [3.63, 3.8) is 0 Å². The minimum absolute atomic E-state index is 0.0226. The molecule has 0 amide bonds. The van der Waals surface area contributed by atoms with Crippen molar-refractivity contribution in [2.24, 2.45) is 7.05 Å². The van der Waals surface area contributed by atoms with Crippen molar-refractivity contribution in [3.8, 4) is 11.5 Å². The van der Waals surface area contributed by atoms with Crippen LogP contribution in [-0.4, -0.2) is 22.8 Å². The third-order valence-corrected chi connectivity index (χ3v) is 4.37. The molecule has 1 aromatic heterocycles. The monoisotopic (exact) mass is 335 g/mol. The van der Waals surface area contributed by atoms with Gasteiger partial charge in [-0.15, -0.1) is 0 Å². The highest BCUT2D eigenvalue weighted by atomic mass is 16.6. The predicted molar refractivity (Wildman–Crippen MR) is 95.8 cm³/mol. The van der Waals surface area contributed by atoms with E-state index in [4.69, 9.17) is 9.47 Å². The van der Waals surface area contributed by atoms with Crippen LogP contribution in [0.15, 0.2) is 60.9 Å². The maximum Gasteiger partial charge on any atom is 0.161 e. The Hall–Kier alpha value is -2.79. The van der Waals surface area contributed by atoms with E-state index in [1.807, 2.05) is 37.6 Å². The number of nitrogens with zero attached hydrogens (tertiary/aromatic N) is 2. The Morgan fingerprint density at radius 3 is 2.64 bits per heavy atom. The van der Waals surface area contributed by atoms with Crippen molar-refractivity contribution in [2.75, 3.05) is 13.2 Å². The van der Waals surface area contributed by atoms with Gasteiger partial charge >= 0.3 is 0 Å². The number of aromatic nitrogens is 2. The van der Waals surface area contributed by atoms with E-state index in [2.05, 4.69) is 45.2 Å². The van der Waals surface area contributed by atoms with Gasteiger partial charge in [0.05, 0.1) is 6.04 Å². The van der Waals surface area contributed by atoms with Crippen LogP contribution in [0.1, 0.15) is 23.0 Å². The van der Waals surface area contributed by atoms with Gasteiger partial charge in [0.1, 0.15) is 19.0 Å². The van der Waals surface area contributed by atoms with Gasteiger partial charge in [0.15, 0.2) is 11.5 Å². The summed E-state index contributed by atoms with van der Waals surface area (Å²) in [6.07, 6.45) is 3.80. The Balaban J connectivity index is 1.56. The quantitative estimate of drug-likeness (QED) is 0.778. The first-order chi connectivity index (χ1) is 12.3. The fraction of sp³-hybridized carbons (Fsp3) is 0.250. The molecule has 3 aromatic rings. The normalized spacial score (nSPS) is 14.3. The highest BCUT2D eigenvalue weighted by molar-refractivity contribution is 5.43. The van der Waals surface area contributed by atoms with Crippen molar-refractivity contribution in [3.05, 3.63) is 77.9 Å². The fourth-order valence-corrected chi connectivity index (χ4v) is 3.08. The minimum Gasteiger partial charge on any atom is -0.486 e. The van der Waals surface area contributed by atoms with Crippen LogP contribution in [0.25, 0.3) is 0 Å². The first kappa shape index (κ1) is 15.7. The number of hydrogen-bond donors (Lipinski definition) is 1. The molecule has 128 valence electrons. The largest absolute Gasteiger partial charge is 0.486 e. The summed E-state index contributed by atoms with van der Waals surface area (Å²) in [6.45, 7) is 1.92. The van der Waals surface area contributed by atoms with Gasteiger partial charge in [-0.05, 0) is 23.3 Å². The summed E-state index contributed by atoms with van der Waals surface area (Å²) in [7, 11) is 2.02. The van der Waals surface area contributed by atoms with E-state index in [1.165, 1.54) is 5.56 Å². The van der Waals surface area contributed by atoms with Gasteiger partial charge in [0, 0.05) is 26.0 Å². The van der Waals surface area contributed by atoms with Gasteiger partial charge in [-0.25, -0.2) is 4.98 Å². The van der Waals surface area contributed by atoms with Crippen LogP contribution in [0.2, 0.25) is 0 Å². The van der Waals surface area contributed by atoms with Crippen LogP contribution in [0, 0.1) is 0 Å². The molecule has 5 heteroatoms. The molecule has 1 atom stereocenters. The zero-order chi connectivity index (χ0) is 17.1. The number of nitrogens with one attached hydrogen (secondary N) is 1. The standard InChI is InChI=1S/C20H21N3O2/c1-23-10-9-21-20(23)19(16-5-3-2-4-6-16)22-14-15-7-8-17-18(13-15)25-12-11-24-17/h2-10,13,19,22H,11-12,14H2,1H3/t19-/m1/s1. The molecular formula is C20H21N3O2. The highest BCUT2D eigenvalue weighted by Crippen LogP contribution is 2.31. The van der Waals surface area contributed by atoms with Crippen molar-refractivity contribution >= 4 is 0 Å². The molecule has 0 unspecified atom stereocenters. The van der Waals surface area contributed by atoms with Crippen molar-refractivity contribution < 1.29 is 9.47 Å². The van der Waals surface area contributed by atoms with Crippen molar-refractivity contribution in [1.29, 1.82) is 0 Å². The van der Waals surface area contributed by atoms with Crippen LogP contribution in [0.4, 0.5) is 0 Å². The molecule has 5 nitrogen and oxygen atoms in total. The van der Waals surface area contributed by atoms with Gasteiger partial charge in [-0.3, -0.25) is 5.32 Å². The predicted octanol–water partition coefficient (Wildman–Crippen LogP) is 3.07. The van der Waals surface area contributed by atoms with Crippen LogP contribution in [-0.2, 0) is 13.6 Å². The Morgan fingerprint density at radius 2 is 1.88 bits per heavy atom. The van der Waals surface area contributed by atoms with Crippen LogP contribution in [0.5, 0.6) is 11.5 Å². The summed E-state index contributed by atoms with van der Waals surface area (Å²) in [5.74, 6) is 2.63. The molecule has 0 saturated heterocycles. The molecule has 4 rings (SSSR count). The molecule has 0 aliphatic carbocycles. The number of benzene rings is 2. The molecule has 2 heterocycles. The highest BCUT2D eigenvalue weighted by Gasteiger charge is 2.18. The van der Waals surface area contributed by atoms with Gasteiger partial charge in [0.25, 0.3) is 0 Å². The smallest absolute Gasteiger partial charge is 0.161 e. The fourth-order valence-electron chi connectivity index (χ4n) is 3.08. The summed E-state index contributed by atoms with van der Waals surface area (Å²) in [6, 6.07) is 16.5. The Labute approximate surface area is 147 Å². The van der Waals surface area contributed by atoms with Crippen LogP contribution < -0.4 is 14.8 Å². The number of ether oxygens (including phenoxy) is 2. The number of aryl methyl sites for hydroxylation is 1. The van der Waals surface area contributed by atoms with Gasteiger partial charge in [-0.1, -0.05) is 36.4 Å². The molecule has 0 saturated carbocycles. The second-order valence-corrected chi connectivity index (χ2v) is 6.10. The number of rotatable bonds is 5. The number of imidazole rings is 1. The summed E-state index contributed by atoms with van der Waals surface area (Å²) in [5, 5.41) is 3.62. The van der Waals surface area contributed by atoms with Gasteiger partial charge in [-0.2, -0.15) is 0 Å². The molecule has 1 aliphatic rings. The maximum atomic E-state index is 5.68. The van der Waals surface area contributed by atoms with E-state index >= 15 is 0 Å². The average Bonchev–Trinajstić information content (AvgIpc) is 3.08. The molecule has 1 aliphatic heterocycles. The molecule has 0 spiro atoms. The first-order valence-corrected chi connectivity index (χ1v) is 8.45. The Morgan fingerprint density at radius 1 is 1.08 bits per heavy atom. The van der Waals surface area contributed by atoms with E-state index in [9.17, 15) is 0 Å². The summed E-state index contributed by atoms with van der Waals surface area (Å²) >= 11 is 0. The van der Waals surface area contributed by atoms with Crippen molar-refractivity contribution in [2.45, 2.75) is 12.6 Å². The minimum atomic E-state index is 0.0226. The third kappa shape index (κ3) is 3.37. The number of fused-ring (bicyclic) bond motifs is 1. The lowest BCUT2D eigenvalue weighted by molar-refractivity contribution is 0.171. The SMILES string of the molecule is Cn1ccnc1[C@H](NCc1ccc2c(c1)OCCO2)c1ccccc1. The van der Waals surface area contributed by atoms with E-state index in [0.29, 0.717) is 19.8 Å². The molecular weight excluding hydrogens is 314 g/mol. The zero-order valence-corrected chi connectivity index (χ0v) is 14.2. The molecule has 25 heavy (non-hydrogen) atoms. The lowest BCUT2D eigenvalue weighted by Crippen LogP contribution is -2.25. The molecule has 0 bridgehead atoms. The topological polar surface area (TPSA) is 48.3 Å². The lowest BCUT2D eigenvalue weighted by atomic mass is 10.1. The van der Waals surface area contributed by atoms with E-state index in [1.54, 1.807) is 0 Å². The second-order valence-electron chi connectivity index (χ2n) is 6.10. The first-order valence-electron chi connectivity index (χ1n) is 8.45. The van der Waals surface area contributed by atoms with Crippen LogP contribution in [0.3, 0.4) is 0 Å². The summed E-state index contributed by atoms with van der Waals surface area (Å²) in [5.41, 5.74) is 2.34. The zero-order valence-electron chi connectivity index (χ0n) is 14.2. The van der Waals surface area contributed by atoms with Crippen LogP contribution >= 0.6 is 0 Å². The molecule has 0 fully saturated rings. The maximum absolute atomic E-state index is 5.68. The van der Waals surface area contributed by atoms with Gasteiger partial charge < -0.3 is 14.0 Å². The summed E-state index contributed by atoms with van der Waals surface area (Å²) < 4.78 is 13.3. The molecule has 1 N–H and O–H groups in total. The van der Waals surface area contributed by atoms with Gasteiger partial charge in [0.2, 0.25) is 0 Å². The average molecular weight is 335 g/mol. The van der Waals surface area contributed by atoms with E-state index in [0.717, 1.165) is 22.9 Å². The number of hydrogen-bond acceptors (Lipinski definition) is 4. The summed E-state index contributed by atoms with van der Waals surface area (Å²) in [4.78, 5) is 4.53. The molecule has 0 radical (unpaired) electrons. The third-order valence-electron chi connectivity index (χ3n) is 4.37.